The van der Waals surface area contributed by atoms with E-state index >= 15 is 0 Å². The standard InChI is InChI=1S/C14H13F4N3O/c1-8(9-3-4-11(22-2)10(15)7-9)19-13-6-5-12(20-21-13)14(16,17)18/h3-8H,1-2H3,(H,19,21). The highest BCUT2D eigenvalue weighted by atomic mass is 19.4. The Bertz CT molecular complexity index is 644. The number of aromatic nitrogens is 2. The van der Waals surface area contributed by atoms with Crippen molar-refractivity contribution in [2.24, 2.45) is 0 Å². The van der Waals surface area contributed by atoms with Gasteiger partial charge in [-0.15, -0.1) is 10.2 Å². The summed E-state index contributed by atoms with van der Waals surface area (Å²) in [5.41, 5.74) is -0.471. The summed E-state index contributed by atoms with van der Waals surface area (Å²) in [5.74, 6) is -0.242. The highest BCUT2D eigenvalue weighted by Gasteiger charge is 2.32. The van der Waals surface area contributed by atoms with Gasteiger partial charge < -0.3 is 10.1 Å². The van der Waals surface area contributed by atoms with Gasteiger partial charge in [0.05, 0.1) is 13.2 Å². The topological polar surface area (TPSA) is 47.0 Å². The van der Waals surface area contributed by atoms with E-state index in [-0.39, 0.29) is 17.6 Å². The van der Waals surface area contributed by atoms with E-state index in [1.165, 1.54) is 25.3 Å². The van der Waals surface area contributed by atoms with Crippen molar-refractivity contribution in [3.63, 3.8) is 0 Å². The molecule has 1 heterocycles. The van der Waals surface area contributed by atoms with E-state index in [0.717, 1.165) is 6.07 Å². The van der Waals surface area contributed by atoms with Crippen molar-refractivity contribution < 1.29 is 22.3 Å². The van der Waals surface area contributed by atoms with Gasteiger partial charge in [-0.3, -0.25) is 0 Å². The molecule has 2 aromatic rings. The Labute approximate surface area is 124 Å². The highest BCUT2D eigenvalue weighted by molar-refractivity contribution is 5.39. The summed E-state index contributed by atoms with van der Waals surface area (Å²) in [6.07, 6.45) is -4.53. The molecule has 1 unspecified atom stereocenters. The third-order valence-electron chi connectivity index (χ3n) is 3.00. The van der Waals surface area contributed by atoms with Crippen molar-refractivity contribution >= 4 is 5.82 Å². The molecule has 0 saturated carbocycles. The molecule has 118 valence electrons. The summed E-state index contributed by atoms with van der Waals surface area (Å²) >= 11 is 0. The molecule has 4 nitrogen and oxygen atoms in total. The molecular weight excluding hydrogens is 302 g/mol. The Hall–Kier alpha value is -2.38. The Morgan fingerprint density at radius 2 is 1.86 bits per heavy atom. The van der Waals surface area contributed by atoms with Crippen LogP contribution < -0.4 is 10.1 Å². The van der Waals surface area contributed by atoms with Crippen LogP contribution >= 0.6 is 0 Å². The minimum absolute atomic E-state index is 0.116. The summed E-state index contributed by atoms with van der Waals surface area (Å²) in [7, 11) is 1.36. The first-order valence-corrected chi connectivity index (χ1v) is 6.32. The molecule has 1 aromatic heterocycles. The average Bonchev–Trinajstić information content (AvgIpc) is 2.46. The Kier molecular flexibility index (Phi) is 4.48. The molecule has 0 aliphatic heterocycles. The van der Waals surface area contributed by atoms with E-state index in [0.29, 0.717) is 5.56 Å². The van der Waals surface area contributed by atoms with Crippen molar-refractivity contribution in [3.8, 4) is 5.75 Å². The number of methoxy groups -OCH3 is 1. The van der Waals surface area contributed by atoms with E-state index in [4.69, 9.17) is 4.74 Å². The van der Waals surface area contributed by atoms with Crippen LogP contribution in [0.5, 0.6) is 5.75 Å². The summed E-state index contributed by atoms with van der Waals surface area (Å²) in [6, 6.07) is 6.04. The van der Waals surface area contributed by atoms with E-state index in [1.807, 2.05) is 0 Å². The number of nitrogens with one attached hydrogen (secondary N) is 1. The van der Waals surface area contributed by atoms with Crippen LogP contribution in [0.3, 0.4) is 0 Å². The zero-order valence-electron chi connectivity index (χ0n) is 11.8. The van der Waals surface area contributed by atoms with Crippen LogP contribution in [-0.2, 0) is 6.18 Å². The molecule has 0 aliphatic rings. The normalized spacial score (nSPS) is 12.8. The number of nitrogens with zero attached hydrogens (tertiary/aromatic N) is 2. The van der Waals surface area contributed by atoms with Crippen LogP contribution in [0.2, 0.25) is 0 Å². The van der Waals surface area contributed by atoms with Crippen LogP contribution in [0.1, 0.15) is 24.2 Å². The lowest BCUT2D eigenvalue weighted by Crippen LogP contribution is -2.12. The fraction of sp³-hybridized carbons (Fsp3) is 0.286. The van der Waals surface area contributed by atoms with Gasteiger partial charge in [-0.25, -0.2) is 4.39 Å². The molecular formula is C14H13F4N3O. The largest absolute Gasteiger partial charge is 0.494 e. The van der Waals surface area contributed by atoms with Gasteiger partial charge in [0.2, 0.25) is 0 Å². The lowest BCUT2D eigenvalue weighted by molar-refractivity contribution is -0.141. The van der Waals surface area contributed by atoms with Crippen LogP contribution in [0.25, 0.3) is 0 Å². The van der Waals surface area contributed by atoms with Gasteiger partial charge in [0.1, 0.15) is 5.82 Å². The molecule has 0 radical (unpaired) electrons. The number of benzene rings is 1. The van der Waals surface area contributed by atoms with Crippen LogP contribution in [0.15, 0.2) is 30.3 Å². The maximum atomic E-state index is 13.6. The molecule has 0 fully saturated rings. The summed E-state index contributed by atoms with van der Waals surface area (Å²) in [5, 5.41) is 9.43. The molecule has 0 aliphatic carbocycles. The van der Waals surface area contributed by atoms with Crippen molar-refractivity contribution in [1.82, 2.24) is 10.2 Å². The fourth-order valence-corrected chi connectivity index (χ4v) is 1.82. The van der Waals surface area contributed by atoms with Crippen LogP contribution in [-0.4, -0.2) is 17.3 Å². The second-order valence-corrected chi connectivity index (χ2v) is 4.56. The fourth-order valence-electron chi connectivity index (χ4n) is 1.82. The Morgan fingerprint density at radius 3 is 2.36 bits per heavy atom. The molecule has 0 spiro atoms. The first-order chi connectivity index (χ1) is 10.3. The first kappa shape index (κ1) is 16.0. The number of halogens is 4. The van der Waals surface area contributed by atoms with Gasteiger partial charge in [0.25, 0.3) is 0 Å². The SMILES string of the molecule is COc1ccc(C(C)Nc2ccc(C(F)(F)F)nn2)cc1F. The first-order valence-electron chi connectivity index (χ1n) is 6.32. The summed E-state index contributed by atoms with van der Waals surface area (Å²) in [4.78, 5) is 0. The van der Waals surface area contributed by atoms with Gasteiger partial charge in [-0.05, 0) is 36.8 Å². The number of anilines is 1. The zero-order valence-corrected chi connectivity index (χ0v) is 11.8. The lowest BCUT2D eigenvalue weighted by atomic mass is 10.1. The molecule has 2 rings (SSSR count). The number of rotatable bonds is 4. The third kappa shape index (κ3) is 3.63. The molecule has 1 atom stereocenters. The van der Waals surface area contributed by atoms with Crippen LogP contribution in [0, 0.1) is 5.82 Å². The monoisotopic (exact) mass is 315 g/mol. The van der Waals surface area contributed by atoms with E-state index in [9.17, 15) is 17.6 Å². The predicted octanol–water partition coefficient (Wildman–Crippen LogP) is 3.82. The van der Waals surface area contributed by atoms with E-state index < -0.39 is 17.7 Å². The van der Waals surface area contributed by atoms with Gasteiger partial charge in [0.15, 0.2) is 17.3 Å². The maximum absolute atomic E-state index is 13.6. The van der Waals surface area contributed by atoms with Crippen LogP contribution in [0.4, 0.5) is 23.4 Å². The quantitative estimate of drug-likeness (QED) is 0.872. The number of hydrogen-bond acceptors (Lipinski definition) is 4. The minimum atomic E-state index is -4.53. The number of hydrogen-bond donors (Lipinski definition) is 1. The third-order valence-corrected chi connectivity index (χ3v) is 3.00. The van der Waals surface area contributed by atoms with E-state index in [2.05, 4.69) is 15.5 Å². The van der Waals surface area contributed by atoms with Gasteiger partial charge in [-0.2, -0.15) is 13.2 Å². The second kappa shape index (κ2) is 6.17. The highest BCUT2D eigenvalue weighted by Crippen LogP contribution is 2.28. The molecule has 1 N–H and O–H groups in total. The molecule has 0 saturated heterocycles. The van der Waals surface area contributed by atoms with E-state index in [1.54, 1.807) is 13.0 Å². The summed E-state index contributed by atoms with van der Waals surface area (Å²) in [6.45, 7) is 1.72. The summed E-state index contributed by atoms with van der Waals surface area (Å²) < 4.78 is 55.6. The number of ether oxygens (including phenoxy) is 1. The second-order valence-electron chi connectivity index (χ2n) is 4.56. The Morgan fingerprint density at radius 1 is 1.14 bits per heavy atom. The zero-order chi connectivity index (χ0) is 16.3. The minimum Gasteiger partial charge on any atom is -0.494 e. The molecule has 8 heteroatoms. The molecule has 0 bridgehead atoms. The smallest absolute Gasteiger partial charge is 0.435 e. The van der Waals surface area contributed by atoms with Crippen molar-refractivity contribution in [1.29, 1.82) is 0 Å². The number of alkyl halides is 3. The Balaban J connectivity index is 2.11. The molecule has 0 amide bonds. The predicted molar refractivity (Wildman–Crippen MR) is 72.0 cm³/mol. The van der Waals surface area contributed by atoms with Gasteiger partial charge in [-0.1, -0.05) is 6.07 Å². The molecule has 1 aromatic carbocycles. The lowest BCUT2D eigenvalue weighted by Gasteiger charge is -2.15. The van der Waals surface area contributed by atoms with Crippen molar-refractivity contribution in [2.75, 3.05) is 12.4 Å². The van der Waals surface area contributed by atoms with Crippen molar-refractivity contribution in [2.45, 2.75) is 19.1 Å². The maximum Gasteiger partial charge on any atom is 0.435 e. The molecule has 22 heavy (non-hydrogen) atoms. The van der Waals surface area contributed by atoms with Gasteiger partial charge in [0, 0.05) is 0 Å². The van der Waals surface area contributed by atoms with Gasteiger partial charge >= 0.3 is 6.18 Å². The van der Waals surface area contributed by atoms with Crippen molar-refractivity contribution in [3.05, 3.63) is 47.4 Å². The average molecular weight is 315 g/mol.